The molecule has 0 aliphatic carbocycles. The minimum absolute atomic E-state index is 0.145. The lowest BCUT2D eigenvalue weighted by molar-refractivity contribution is -0.134. The van der Waals surface area contributed by atoms with E-state index in [1.807, 2.05) is 24.3 Å². The largest absolute Gasteiger partial charge is 0.466 e. The summed E-state index contributed by atoms with van der Waals surface area (Å²) in [6.07, 6.45) is 0.893. The number of sulfone groups is 1. The van der Waals surface area contributed by atoms with Crippen molar-refractivity contribution in [3.63, 3.8) is 0 Å². The number of fused-ring (bicyclic) bond motifs is 1. The molecule has 0 radical (unpaired) electrons. The van der Waals surface area contributed by atoms with Crippen LogP contribution in [0.25, 0.3) is 10.8 Å². The van der Waals surface area contributed by atoms with E-state index in [2.05, 4.69) is 4.74 Å². The van der Waals surface area contributed by atoms with Crippen LogP contribution in [0.2, 0.25) is 0 Å². The van der Waals surface area contributed by atoms with Crippen molar-refractivity contribution < 1.29 is 17.9 Å². The highest BCUT2D eigenvalue weighted by atomic mass is 32.2. The number of hydrogen-bond acceptors (Lipinski definition) is 4. The molecule has 0 aromatic heterocycles. The first-order valence-corrected chi connectivity index (χ1v) is 7.07. The first-order chi connectivity index (χ1) is 9.03. The second-order valence-corrected chi connectivity index (χ2v) is 5.71. The molecule has 0 aliphatic rings. The Hall–Kier alpha value is -2.14. The molecule has 0 amide bonds. The fourth-order valence-corrected chi connectivity index (χ4v) is 2.63. The molecule has 0 fully saturated rings. The predicted octanol–water partition coefficient (Wildman–Crippen LogP) is 2.30. The molecule has 2 aromatic carbocycles. The number of rotatable bonds is 3. The van der Waals surface area contributed by atoms with Crippen LogP contribution in [0, 0.1) is 0 Å². The number of carbonyl (C=O) groups excluding carboxylic acids is 1. The van der Waals surface area contributed by atoms with Crippen molar-refractivity contribution in [2.45, 2.75) is 4.90 Å². The lowest BCUT2D eigenvalue weighted by atomic mass is 10.1. The van der Waals surface area contributed by atoms with Crippen LogP contribution in [0.1, 0.15) is 0 Å². The van der Waals surface area contributed by atoms with E-state index < -0.39 is 15.8 Å². The lowest BCUT2D eigenvalue weighted by Crippen LogP contribution is -2.00. The van der Waals surface area contributed by atoms with E-state index >= 15 is 0 Å². The SMILES string of the molecule is COC(=O)C=CS(=O)(=O)c1ccc2ccccc2c1. The summed E-state index contributed by atoms with van der Waals surface area (Å²) in [5.74, 6) is -0.704. The second-order valence-electron chi connectivity index (χ2n) is 3.88. The van der Waals surface area contributed by atoms with Crippen molar-refractivity contribution in [1.82, 2.24) is 0 Å². The molecular formula is C14H12O4S. The van der Waals surface area contributed by atoms with Gasteiger partial charge in [-0.2, -0.15) is 0 Å². The average molecular weight is 276 g/mol. The van der Waals surface area contributed by atoms with E-state index in [0.29, 0.717) is 0 Å². The monoisotopic (exact) mass is 276 g/mol. The zero-order valence-electron chi connectivity index (χ0n) is 10.2. The van der Waals surface area contributed by atoms with Crippen LogP contribution in [-0.2, 0) is 19.4 Å². The Kier molecular flexibility index (Phi) is 3.66. The number of ether oxygens (including phenoxy) is 1. The fourth-order valence-electron chi connectivity index (χ4n) is 1.64. The van der Waals surface area contributed by atoms with Gasteiger partial charge in [0, 0.05) is 11.5 Å². The summed E-state index contributed by atoms with van der Waals surface area (Å²) in [5, 5.41) is 2.64. The van der Waals surface area contributed by atoms with Gasteiger partial charge in [-0.25, -0.2) is 13.2 Å². The summed E-state index contributed by atoms with van der Waals surface area (Å²) in [6.45, 7) is 0. The minimum Gasteiger partial charge on any atom is -0.466 e. The summed E-state index contributed by atoms with van der Waals surface area (Å²) < 4.78 is 28.4. The lowest BCUT2D eigenvalue weighted by Gasteiger charge is -2.02. The van der Waals surface area contributed by atoms with Crippen molar-refractivity contribution in [1.29, 1.82) is 0 Å². The smallest absolute Gasteiger partial charge is 0.331 e. The van der Waals surface area contributed by atoms with Gasteiger partial charge in [-0.05, 0) is 22.9 Å². The molecule has 0 saturated heterocycles. The molecule has 0 saturated carbocycles. The number of hydrogen-bond donors (Lipinski definition) is 0. The van der Waals surface area contributed by atoms with Crippen LogP contribution in [0.15, 0.2) is 58.8 Å². The average Bonchev–Trinajstić information content (AvgIpc) is 2.44. The maximum absolute atomic E-state index is 12.0. The van der Waals surface area contributed by atoms with Gasteiger partial charge in [0.05, 0.1) is 12.0 Å². The van der Waals surface area contributed by atoms with Crippen LogP contribution in [0.3, 0.4) is 0 Å². The Bertz CT molecular complexity index is 745. The highest BCUT2D eigenvalue weighted by Crippen LogP contribution is 2.20. The number of carbonyl (C=O) groups is 1. The minimum atomic E-state index is -3.64. The number of methoxy groups -OCH3 is 1. The Balaban J connectivity index is 2.43. The Morgan fingerprint density at radius 3 is 2.47 bits per heavy atom. The maximum Gasteiger partial charge on any atom is 0.331 e. The van der Waals surface area contributed by atoms with Crippen LogP contribution < -0.4 is 0 Å². The summed E-state index contributed by atoms with van der Waals surface area (Å²) in [5.41, 5.74) is 0. The van der Waals surface area contributed by atoms with Crippen molar-refractivity contribution in [2.75, 3.05) is 7.11 Å². The van der Waals surface area contributed by atoms with E-state index in [1.165, 1.54) is 13.2 Å². The molecule has 5 heteroatoms. The van der Waals surface area contributed by atoms with E-state index in [4.69, 9.17) is 0 Å². The van der Waals surface area contributed by atoms with Gasteiger partial charge < -0.3 is 4.74 Å². The third kappa shape index (κ3) is 3.00. The molecule has 0 N–H and O–H groups in total. The zero-order valence-corrected chi connectivity index (χ0v) is 11.1. The molecule has 19 heavy (non-hydrogen) atoms. The van der Waals surface area contributed by atoms with Gasteiger partial charge in [0.25, 0.3) is 0 Å². The third-order valence-electron chi connectivity index (χ3n) is 2.63. The van der Waals surface area contributed by atoms with Crippen molar-refractivity contribution in [3.05, 3.63) is 53.9 Å². The third-order valence-corrected chi connectivity index (χ3v) is 4.04. The van der Waals surface area contributed by atoms with Gasteiger partial charge in [-0.15, -0.1) is 0 Å². The summed E-state index contributed by atoms with van der Waals surface area (Å²) in [7, 11) is -2.45. The first-order valence-electron chi connectivity index (χ1n) is 5.53. The zero-order chi connectivity index (χ0) is 13.9. The number of benzene rings is 2. The van der Waals surface area contributed by atoms with Gasteiger partial charge in [-0.1, -0.05) is 30.3 Å². The Morgan fingerprint density at radius 1 is 1.11 bits per heavy atom. The quantitative estimate of drug-likeness (QED) is 0.637. The van der Waals surface area contributed by atoms with Crippen LogP contribution in [0.5, 0.6) is 0 Å². The van der Waals surface area contributed by atoms with Crippen molar-refractivity contribution >= 4 is 26.6 Å². The molecule has 4 nitrogen and oxygen atoms in total. The second kappa shape index (κ2) is 5.24. The van der Waals surface area contributed by atoms with E-state index in [-0.39, 0.29) is 4.90 Å². The molecule has 0 heterocycles. The highest BCUT2D eigenvalue weighted by Gasteiger charge is 2.11. The predicted molar refractivity (Wildman–Crippen MR) is 72.3 cm³/mol. The van der Waals surface area contributed by atoms with E-state index in [0.717, 1.165) is 22.3 Å². The normalized spacial score (nSPS) is 11.8. The van der Waals surface area contributed by atoms with Gasteiger partial charge in [0.2, 0.25) is 0 Å². The molecule has 2 aromatic rings. The highest BCUT2D eigenvalue weighted by molar-refractivity contribution is 7.94. The maximum atomic E-state index is 12.0. The molecule has 0 unspecified atom stereocenters. The first kappa shape index (κ1) is 13.3. The topological polar surface area (TPSA) is 60.4 Å². The molecule has 0 atom stereocenters. The van der Waals surface area contributed by atoms with E-state index in [9.17, 15) is 13.2 Å². The van der Waals surface area contributed by atoms with Crippen LogP contribution >= 0.6 is 0 Å². The van der Waals surface area contributed by atoms with Gasteiger partial charge in [-0.3, -0.25) is 0 Å². The summed E-state index contributed by atoms with van der Waals surface area (Å²) in [6, 6.07) is 12.3. The molecule has 98 valence electrons. The van der Waals surface area contributed by atoms with Crippen LogP contribution in [-0.4, -0.2) is 21.5 Å². The molecule has 0 aliphatic heterocycles. The Labute approximate surface area is 111 Å². The van der Waals surface area contributed by atoms with Crippen molar-refractivity contribution in [2.24, 2.45) is 0 Å². The van der Waals surface area contributed by atoms with Crippen molar-refractivity contribution in [3.8, 4) is 0 Å². The standard InChI is InChI=1S/C14H12O4S/c1-18-14(15)8-9-19(16,17)13-7-6-11-4-2-3-5-12(11)10-13/h2-10H,1H3. The fraction of sp³-hybridized carbons (Fsp3) is 0.0714. The molecule has 0 bridgehead atoms. The van der Waals surface area contributed by atoms with Gasteiger partial charge in [0.15, 0.2) is 9.84 Å². The summed E-state index contributed by atoms with van der Waals surface area (Å²) >= 11 is 0. The van der Waals surface area contributed by atoms with Gasteiger partial charge in [0.1, 0.15) is 0 Å². The van der Waals surface area contributed by atoms with E-state index in [1.54, 1.807) is 12.1 Å². The number of esters is 1. The molecule has 0 spiro atoms. The van der Waals surface area contributed by atoms with Gasteiger partial charge >= 0.3 is 5.97 Å². The van der Waals surface area contributed by atoms with Crippen LogP contribution in [0.4, 0.5) is 0 Å². The molecule has 2 rings (SSSR count). The Morgan fingerprint density at radius 2 is 1.79 bits per heavy atom. The molecular weight excluding hydrogens is 264 g/mol. The summed E-state index contributed by atoms with van der Waals surface area (Å²) in [4.78, 5) is 11.1.